The molecule has 0 saturated carbocycles. The number of rotatable bonds is 3. The second-order valence-electron chi connectivity index (χ2n) is 6.39. The van der Waals surface area contributed by atoms with Crippen molar-refractivity contribution in [1.29, 1.82) is 0 Å². The Kier molecular flexibility index (Phi) is 5.71. The van der Waals surface area contributed by atoms with Crippen molar-refractivity contribution in [2.75, 3.05) is 6.54 Å². The van der Waals surface area contributed by atoms with Crippen molar-refractivity contribution >= 4 is 5.91 Å². The van der Waals surface area contributed by atoms with E-state index in [1.807, 2.05) is 27.7 Å². The van der Waals surface area contributed by atoms with Crippen LogP contribution in [0.2, 0.25) is 0 Å². The average molecular weight is 238 g/mol. The highest BCUT2D eigenvalue weighted by Crippen LogP contribution is 2.09. The summed E-state index contributed by atoms with van der Waals surface area (Å²) in [6, 6.07) is -0.219. The van der Waals surface area contributed by atoms with Gasteiger partial charge in [-0.2, -0.15) is 0 Å². The van der Waals surface area contributed by atoms with Crippen molar-refractivity contribution in [3.05, 3.63) is 0 Å². The predicted octanol–water partition coefficient (Wildman–Crippen LogP) is 1.93. The Morgan fingerprint density at radius 1 is 1.18 bits per heavy atom. The minimum absolute atomic E-state index is 0.00931. The van der Waals surface area contributed by atoms with E-state index >= 15 is 0 Å². The quantitative estimate of drug-likeness (QED) is 0.738. The summed E-state index contributed by atoms with van der Waals surface area (Å²) in [6.45, 7) is 14.5. The molecule has 0 bridgehead atoms. The van der Waals surface area contributed by atoms with Crippen LogP contribution < -0.4 is 10.6 Å². The molecule has 0 saturated heterocycles. The summed E-state index contributed by atoms with van der Waals surface area (Å²) in [5, 5.41) is 6.02. The van der Waals surface area contributed by atoms with Crippen molar-refractivity contribution < 1.29 is 4.79 Å². The number of carbonyl (C=O) groups excluding carboxylic acids is 1. The van der Waals surface area contributed by atoms with Gasteiger partial charge in [-0.05, 0) is 48.5 Å². The van der Waals surface area contributed by atoms with Crippen LogP contribution in [0.4, 0.5) is 0 Å². The zero-order chi connectivity index (χ0) is 13.7. The summed E-state index contributed by atoms with van der Waals surface area (Å²) in [6.07, 6.45) is 0. The largest absolute Gasteiger partial charge is 0.350 e. The molecular weight excluding hydrogens is 212 g/mol. The number of nitrogens with one attached hydrogen (secondary N) is 2. The summed E-state index contributed by atoms with van der Waals surface area (Å²) < 4.78 is 0. The van der Waals surface area contributed by atoms with E-state index in [4.69, 9.17) is 0 Å². The van der Waals surface area contributed by atoms with Crippen LogP contribution in [-0.4, -0.2) is 24.0 Å². The normalized spacial score (nSPS) is 13.6. The molecule has 0 radical (unpaired) electrons. The minimum Gasteiger partial charge on any atom is -0.350 e. The summed E-state index contributed by atoms with van der Waals surface area (Å²) in [5.74, 6) is 6.16. The third-order valence-electron chi connectivity index (χ3n) is 1.85. The van der Waals surface area contributed by atoms with Gasteiger partial charge in [0.25, 0.3) is 0 Å². The van der Waals surface area contributed by atoms with Gasteiger partial charge in [-0.15, -0.1) is 0 Å². The third kappa shape index (κ3) is 9.89. The Bertz CT molecular complexity index is 310. The molecule has 0 spiro atoms. The highest BCUT2D eigenvalue weighted by Gasteiger charge is 2.18. The molecule has 0 aliphatic carbocycles. The van der Waals surface area contributed by atoms with Crippen LogP contribution in [-0.2, 0) is 4.79 Å². The number of amides is 1. The minimum atomic E-state index is -0.219. The lowest BCUT2D eigenvalue weighted by atomic mass is 9.98. The first-order chi connectivity index (χ1) is 7.51. The molecule has 98 valence electrons. The number of hydrogen-bond donors (Lipinski definition) is 2. The smallest absolute Gasteiger partial charge is 0.237 e. The van der Waals surface area contributed by atoms with E-state index in [2.05, 4.69) is 43.2 Å². The predicted molar refractivity (Wildman–Crippen MR) is 72.6 cm³/mol. The molecular formula is C14H26N2O. The fourth-order valence-corrected chi connectivity index (χ4v) is 1.08. The molecule has 1 amide bonds. The molecule has 0 aromatic carbocycles. The lowest BCUT2D eigenvalue weighted by molar-refractivity contribution is -0.124. The molecule has 0 rings (SSSR count). The van der Waals surface area contributed by atoms with Crippen LogP contribution in [0.15, 0.2) is 0 Å². The molecule has 0 aliphatic rings. The van der Waals surface area contributed by atoms with Crippen LogP contribution in [0.25, 0.3) is 0 Å². The Balaban J connectivity index is 4.06. The van der Waals surface area contributed by atoms with Gasteiger partial charge < -0.3 is 5.32 Å². The van der Waals surface area contributed by atoms with Crippen molar-refractivity contribution in [3.8, 4) is 11.8 Å². The molecule has 0 aliphatic heterocycles. The highest BCUT2D eigenvalue weighted by atomic mass is 16.2. The van der Waals surface area contributed by atoms with Gasteiger partial charge >= 0.3 is 0 Å². The fourth-order valence-electron chi connectivity index (χ4n) is 1.08. The first kappa shape index (κ1) is 16.0. The van der Waals surface area contributed by atoms with Gasteiger partial charge in [-0.25, -0.2) is 0 Å². The van der Waals surface area contributed by atoms with Gasteiger partial charge in [0.1, 0.15) is 0 Å². The molecule has 0 heterocycles. The lowest BCUT2D eigenvalue weighted by Gasteiger charge is -2.23. The van der Waals surface area contributed by atoms with Gasteiger partial charge in [0.05, 0.1) is 12.6 Å². The van der Waals surface area contributed by atoms with Crippen molar-refractivity contribution in [1.82, 2.24) is 10.6 Å². The van der Waals surface area contributed by atoms with Gasteiger partial charge in [0, 0.05) is 11.0 Å². The van der Waals surface area contributed by atoms with E-state index < -0.39 is 0 Å². The van der Waals surface area contributed by atoms with Crippen molar-refractivity contribution in [3.63, 3.8) is 0 Å². The van der Waals surface area contributed by atoms with E-state index in [0.29, 0.717) is 6.54 Å². The second kappa shape index (κ2) is 6.07. The summed E-state index contributed by atoms with van der Waals surface area (Å²) in [5.41, 5.74) is -0.178. The van der Waals surface area contributed by atoms with Gasteiger partial charge in [0.2, 0.25) is 5.91 Å². The van der Waals surface area contributed by atoms with Crippen LogP contribution in [0.5, 0.6) is 0 Å². The van der Waals surface area contributed by atoms with E-state index in [-0.39, 0.29) is 22.9 Å². The molecule has 1 unspecified atom stereocenters. The Morgan fingerprint density at radius 2 is 1.71 bits per heavy atom. The maximum Gasteiger partial charge on any atom is 0.237 e. The van der Waals surface area contributed by atoms with Gasteiger partial charge in [-0.3, -0.25) is 10.1 Å². The Hall–Kier alpha value is -1.01. The molecule has 3 nitrogen and oxygen atoms in total. The highest BCUT2D eigenvalue weighted by molar-refractivity contribution is 5.81. The fraction of sp³-hybridized carbons (Fsp3) is 0.786. The van der Waals surface area contributed by atoms with Gasteiger partial charge in [0.15, 0.2) is 0 Å². The summed E-state index contributed by atoms with van der Waals surface area (Å²) in [7, 11) is 0. The third-order valence-corrected chi connectivity index (χ3v) is 1.85. The van der Waals surface area contributed by atoms with E-state index in [0.717, 1.165) is 0 Å². The summed E-state index contributed by atoms with van der Waals surface area (Å²) in [4.78, 5) is 11.7. The molecule has 0 aromatic rings. The standard InChI is InChI=1S/C14H26N2O/c1-11(12(17)16-14(5,6)7)15-10-8-9-13(2,3)4/h11,15H,10H2,1-7H3,(H,16,17). The van der Waals surface area contributed by atoms with E-state index in [9.17, 15) is 4.79 Å². The lowest BCUT2D eigenvalue weighted by Crippen LogP contribution is -2.49. The van der Waals surface area contributed by atoms with E-state index in [1.165, 1.54) is 0 Å². The molecule has 0 aromatic heterocycles. The van der Waals surface area contributed by atoms with Crippen LogP contribution in [0.1, 0.15) is 48.5 Å². The molecule has 0 fully saturated rings. The van der Waals surface area contributed by atoms with Crippen molar-refractivity contribution in [2.45, 2.75) is 60.0 Å². The average Bonchev–Trinajstić information content (AvgIpc) is 2.07. The topological polar surface area (TPSA) is 41.1 Å². The summed E-state index contributed by atoms with van der Waals surface area (Å²) >= 11 is 0. The van der Waals surface area contributed by atoms with Crippen LogP contribution >= 0.6 is 0 Å². The van der Waals surface area contributed by atoms with Gasteiger partial charge in [-0.1, -0.05) is 11.8 Å². The monoisotopic (exact) mass is 238 g/mol. The zero-order valence-electron chi connectivity index (χ0n) is 12.2. The van der Waals surface area contributed by atoms with E-state index in [1.54, 1.807) is 0 Å². The first-order valence-corrected chi connectivity index (χ1v) is 6.07. The number of hydrogen-bond acceptors (Lipinski definition) is 2. The van der Waals surface area contributed by atoms with Crippen LogP contribution in [0, 0.1) is 17.3 Å². The Labute approximate surface area is 106 Å². The molecule has 1 atom stereocenters. The maximum absolute atomic E-state index is 11.7. The van der Waals surface area contributed by atoms with Crippen LogP contribution in [0.3, 0.4) is 0 Å². The Morgan fingerprint density at radius 3 is 2.12 bits per heavy atom. The number of carbonyl (C=O) groups is 1. The zero-order valence-corrected chi connectivity index (χ0v) is 12.2. The second-order valence-corrected chi connectivity index (χ2v) is 6.39. The maximum atomic E-state index is 11.7. The first-order valence-electron chi connectivity index (χ1n) is 6.07. The molecule has 2 N–H and O–H groups in total. The molecule has 17 heavy (non-hydrogen) atoms. The SMILES string of the molecule is CC(NCC#CC(C)(C)C)C(=O)NC(C)(C)C. The van der Waals surface area contributed by atoms with Crippen molar-refractivity contribution in [2.24, 2.45) is 5.41 Å². The molecule has 3 heteroatoms.